The van der Waals surface area contributed by atoms with Crippen molar-refractivity contribution in [3.63, 3.8) is 0 Å². The number of hydrogen-bond acceptors (Lipinski definition) is 5. The van der Waals surface area contributed by atoms with Gasteiger partial charge in [-0.15, -0.1) is 0 Å². The second-order valence-corrected chi connectivity index (χ2v) is 7.91. The Morgan fingerprint density at radius 2 is 2.00 bits per heavy atom. The van der Waals surface area contributed by atoms with Gasteiger partial charge in [0.05, 0.1) is 24.8 Å². The van der Waals surface area contributed by atoms with Crippen molar-refractivity contribution in [1.29, 1.82) is 0 Å². The fourth-order valence-corrected chi connectivity index (χ4v) is 3.51. The van der Waals surface area contributed by atoms with Crippen molar-refractivity contribution in [3.8, 4) is 0 Å². The summed E-state index contributed by atoms with van der Waals surface area (Å²) in [6.45, 7) is 4.59. The van der Waals surface area contributed by atoms with Gasteiger partial charge in [-0.25, -0.2) is 0 Å². The van der Waals surface area contributed by atoms with E-state index < -0.39 is 29.1 Å². The highest BCUT2D eigenvalue weighted by molar-refractivity contribution is 7.84. The summed E-state index contributed by atoms with van der Waals surface area (Å²) in [7, 11) is -1.70. The Morgan fingerprint density at radius 1 is 1.29 bits per heavy atom. The molecule has 0 fully saturated rings. The summed E-state index contributed by atoms with van der Waals surface area (Å²) < 4.78 is 48.1. The van der Waals surface area contributed by atoms with Crippen molar-refractivity contribution in [2.24, 2.45) is 5.10 Å². The maximum absolute atomic E-state index is 12.3. The van der Waals surface area contributed by atoms with Gasteiger partial charge in [-0.1, -0.05) is 11.6 Å². The third-order valence-electron chi connectivity index (χ3n) is 3.69. The molecule has 0 aromatic carbocycles. The molecular formula is C17H24ClF3N4O2S. The Bertz CT molecular complexity index is 674. The van der Waals surface area contributed by atoms with Gasteiger partial charge >= 0.3 is 6.18 Å². The zero-order valence-electron chi connectivity index (χ0n) is 15.8. The van der Waals surface area contributed by atoms with E-state index in [4.69, 9.17) is 11.6 Å². The van der Waals surface area contributed by atoms with E-state index in [2.05, 4.69) is 10.1 Å². The Morgan fingerprint density at radius 3 is 2.54 bits per heavy atom. The predicted molar refractivity (Wildman–Crippen MR) is 106 cm³/mol. The lowest BCUT2D eigenvalue weighted by Crippen LogP contribution is -2.35. The van der Waals surface area contributed by atoms with E-state index in [1.807, 2.05) is 13.0 Å². The minimum atomic E-state index is -4.35. The van der Waals surface area contributed by atoms with Gasteiger partial charge in [-0.3, -0.25) is 19.0 Å². The molecule has 0 bridgehead atoms. The number of pyridine rings is 1. The summed E-state index contributed by atoms with van der Waals surface area (Å²) in [5, 5.41) is 6.10. The van der Waals surface area contributed by atoms with Gasteiger partial charge in [0, 0.05) is 48.0 Å². The zero-order valence-corrected chi connectivity index (χ0v) is 17.4. The molecule has 0 aliphatic rings. The third-order valence-corrected chi connectivity index (χ3v) is 5.20. The molecule has 28 heavy (non-hydrogen) atoms. The summed E-state index contributed by atoms with van der Waals surface area (Å²) in [5.74, 6) is -0.945. The van der Waals surface area contributed by atoms with Crippen LogP contribution in [0.15, 0.2) is 29.6 Å². The van der Waals surface area contributed by atoms with E-state index >= 15 is 0 Å². The summed E-state index contributed by atoms with van der Waals surface area (Å²) >= 11 is 6.19. The number of carbonyl (C=O) groups excluding carboxylic acids is 1. The number of anilines is 1. The van der Waals surface area contributed by atoms with Crippen molar-refractivity contribution < 1.29 is 22.2 Å². The average Bonchev–Trinajstić information content (AvgIpc) is 2.66. The van der Waals surface area contributed by atoms with Gasteiger partial charge in [0.25, 0.3) is 0 Å². The van der Waals surface area contributed by atoms with E-state index in [1.54, 1.807) is 30.4 Å². The fraction of sp³-hybridized carbons (Fsp3) is 0.588. The van der Waals surface area contributed by atoms with Gasteiger partial charge in [0.15, 0.2) is 0 Å². The molecule has 11 heteroatoms. The summed E-state index contributed by atoms with van der Waals surface area (Å²) in [6, 6.07) is 3.59. The molecule has 1 heterocycles. The number of aromatic nitrogens is 1. The molecule has 1 aromatic heterocycles. The van der Waals surface area contributed by atoms with Crippen LogP contribution in [0.4, 0.5) is 18.9 Å². The molecule has 1 rings (SSSR count). The van der Waals surface area contributed by atoms with Gasteiger partial charge in [0.1, 0.15) is 5.17 Å². The van der Waals surface area contributed by atoms with Crippen LogP contribution in [0, 0.1) is 0 Å². The Labute approximate surface area is 170 Å². The third kappa shape index (κ3) is 9.50. The first-order valence-electron chi connectivity index (χ1n) is 8.76. The molecule has 0 saturated heterocycles. The molecule has 0 radical (unpaired) electrons. The number of amides is 1. The van der Waals surface area contributed by atoms with Crippen LogP contribution in [-0.4, -0.2) is 62.5 Å². The number of nitrogens with zero attached hydrogens (tertiary/aromatic N) is 4. The molecular weight excluding hydrogens is 417 g/mol. The largest absolute Gasteiger partial charge is 0.390 e. The normalized spacial score (nSPS) is 13.3. The number of carbonyl (C=O) groups is 1. The van der Waals surface area contributed by atoms with Crippen molar-refractivity contribution >= 4 is 39.2 Å². The van der Waals surface area contributed by atoms with Crippen LogP contribution in [0.5, 0.6) is 0 Å². The van der Waals surface area contributed by atoms with Crippen molar-refractivity contribution in [3.05, 3.63) is 24.5 Å². The highest BCUT2D eigenvalue weighted by atomic mass is 35.5. The van der Waals surface area contributed by atoms with E-state index in [-0.39, 0.29) is 29.8 Å². The van der Waals surface area contributed by atoms with Gasteiger partial charge in [0.2, 0.25) is 5.91 Å². The molecule has 6 nitrogen and oxygen atoms in total. The van der Waals surface area contributed by atoms with Gasteiger partial charge in [-0.2, -0.15) is 18.3 Å². The van der Waals surface area contributed by atoms with Crippen LogP contribution < -0.4 is 5.01 Å². The van der Waals surface area contributed by atoms with Crippen LogP contribution in [-0.2, 0) is 15.6 Å². The van der Waals surface area contributed by atoms with Gasteiger partial charge < -0.3 is 4.90 Å². The van der Waals surface area contributed by atoms with E-state index in [9.17, 15) is 22.2 Å². The van der Waals surface area contributed by atoms with Crippen LogP contribution in [0.3, 0.4) is 0 Å². The lowest BCUT2D eigenvalue weighted by Gasteiger charge is -2.22. The Balaban J connectivity index is 2.59. The number of hydrazone groups is 1. The van der Waals surface area contributed by atoms with E-state index in [0.29, 0.717) is 13.1 Å². The van der Waals surface area contributed by atoms with Crippen LogP contribution in [0.1, 0.15) is 26.7 Å². The van der Waals surface area contributed by atoms with Crippen LogP contribution >= 0.6 is 11.6 Å². The monoisotopic (exact) mass is 440 g/mol. The lowest BCUT2D eigenvalue weighted by molar-refractivity contribution is -0.130. The SMILES string of the molecule is CCN(C/C(Cl)=N\N(CC)c1cccnc1)C(=O)CCS(=O)CCC(F)(F)F. The van der Waals surface area contributed by atoms with Crippen molar-refractivity contribution in [2.45, 2.75) is 32.9 Å². The molecule has 0 saturated carbocycles. The summed E-state index contributed by atoms with van der Waals surface area (Å²) in [4.78, 5) is 17.7. The Hall–Kier alpha value is -1.68. The van der Waals surface area contributed by atoms with E-state index in [0.717, 1.165) is 5.69 Å². The smallest absolute Gasteiger partial charge is 0.336 e. The van der Waals surface area contributed by atoms with Crippen molar-refractivity contribution in [2.75, 3.05) is 36.1 Å². The Kier molecular flexibility index (Phi) is 10.4. The first-order chi connectivity index (χ1) is 13.2. The second kappa shape index (κ2) is 12.0. The molecule has 158 valence electrons. The number of alkyl halides is 3. The molecule has 1 atom stereocenters. The summed E-state index contributed by atoms with van der Waals surface area (Å²) in [6.07, 6.45) is -2.30. The highest BCUT2D eigenvalue weighted by Crippen LogP contribution is 2.19. The number of halogens is 4. The minimum absolute atomic E-state index is 0.0584. The first kappa shape index (κ1) is 24.4. The minimum Gasteiger partial charge on any atom is -0.336 e. The molecule has 1 aromatic rings. The molecule has 1 amide bonds. The molecule has 0 aliphatic heterocycles. The average molecular weight is 441 g/mol. The standard InChI is InChI=1S/C17H24ClF3N4O2S/c1-3-24(16(26)7-10-28(27)11-8-17(19,20)21)13-15(18)23-25(4-2)14-6-5-9-22-12-14/h5-6,9,12H,3-4,7-8,10-11,13H2,1-2H3/b23-15+. The quantitative estimate of drug-likeness (QED) is 0.391. The van der Waals surface area contributed by atoms with Crippen LogP contribution in [0.25, 0.3) is 0 Å². The van der Waals surface area contributed by atoms with E-state index in [1.165, 1.54) is 4.90 Å². The summed E-state index contributed by atoms with van der Waals surface area (Å²) in [5.41, 5.74) is 0.748. The first-order valence-corrected chi connectivity index (χ1v) is 10.6. The number of hydrogen-bond donors (Lipinski definition) is 0. The molecule has 1 unspecified atom stereocenters. The van der Waals surface area contributed by atoms with Gasteiger partial charge in [-0.05, 0) is 26.0 Å². The fourth-order valence-electron chi connectivity index (χ4n) is 2.20. The highest BCUT2D eigenvalue weighted by Gasteiger charge is 2.27. The topological polar surface area (TPSA) is 65.9 Å². The van der Waals surface area contributed by atoms with Crippen molar-refractivity contribution in [1.82, 2.24) is 9.88 Å². The molecule has 0 aliphatic carbocycles. The van der Waals surface area contributed by atoms with Crippen LogP contribution in [0.2, 0.25) is 0 Å². The zero-order chi connectivity index (χ0) is 21.2. The number of rotatable bonds is 11. The maximum atomic E-state index is 12.3. The second-order valence-electron chi connectivity index (χ2n) is 5.77. The molecule has 0 spiro atoms. The predicted octanol–water partition coefficient (Wildman–Crippen LogP) is 3.40. The maximum Gasteiger partial charge on any atom is 0.390 e. The lowest BCUT2D eigenvalue weighted by atomic mass is 10.4. The molecule has 0 N–H and O–H groups in total.